The zero-order chi connectivity index (χ0) is 6.41. The smallest absolute Gasteiger partial charge is 0.336 e. The van der Waals surface area contributed by atoms with Crippen LogP contribution in [0.4, 0.5) is 0 Å². The molecule has 44 valence electrons. The van der Waals surface area contributed by atoms with Crippen molar-refractivity contribution >= 4 is 24.3 Å². The van der Waals surface area contributed by atoms with Gasteiger partial charge >= 0.3 is 20.4 Å². The Kier molecular flexibility index (Phi) is 5.87. The Morgan fingerprint density at radius 1 is 1.50 bits per heavy atom. The summed E-state index contributed by atoms with van der Waals surface area (Å²) in [4.78, 5) is 10.6. The maximum absolute atomic E-state index is 10.6. The summed E-state index contributed by atoms with van der Waals surface area (Å²) in [7, 11) is 0. The third-order valence-electron chi connectivity index (χ3n) is 1.20. The van der Waals surface area contributed by atoms with Crippen LogP contribution >= 0.6 is 0 Å². The van der Waals surface area contributed by atoms with Gasteiger partial charge in [0.1, 0.15) is 0 Å². The third kappa shape index (κ3) is 4.59. The van der Waals surface area contributed by atoms with Crippen LogP contribution in [-0.4, -0.2) is 24.3 Å². The molecule has 0 rings (SSSR count). The molecule has 0 aromatic carbocycles. The number of rotatable bonds is 4. The lowest BCUT2D eigenvalue weighted by molar-refractivity contribution is -0.111. The molecule has 0 amide bonds. The fraction of sp³-hybridized carbons (Fsp3) is 0.833. The molecule has 1 nitrogen and oxygen atoms in total. The van der Waals surface area contributed by atoms with Crippen molar-refractivity contribution in [3.05, 3.63) is 0 Å². The molecule has 0 bridgehead atoms. The van der Waals surface area contributed by atoms with Gasteiger partial charge in [0.05, 0.1) is 0 Å². The standard InChI is InChI=1S/C3H5O.C3H7.Mg/c1-2-3-4;1-3-2;/h2H2,1H3;1,3H2,2H3;. The van der Waals surface area contributed by atoms with Crippen LogP contribution in [0.15, 0.2) is 0 Å². The van der Waals surface area contributed by atoms with Crippen LogP contribution in [-0.2, 0) is 4.79 Å². The topological polar surface area (TPSA) is 17.1 Å². The van der Waals surface area contributed by atoms with E-state index in [0.717, 1.165) is 6.42 Å². The van der Waals surface area contributed by atoms with Crippen LogP contribution in [0.25, 0.3) is 0 Å². The van der Waals surface area contributed by atoms with Crippen molar-refractivity contribution in [3.8, 4) is 0 Å². The summed E-state index contributed by atoms with van der Waals surface area (Å²) < 4.78 is 1.74. The van der Waals surface area contributed by atoms with E-state index in [1.54, 1.807) is 0 Å². The molecule has 0 atom stereocenters. The zero-order valence-electron chi connectivity index (χ0n) is 5.74. The average Bonchev–Trinajstić information content (AvgIpc) is 1.83. The lowest BCUT2D eigenvalue weighted by Gasteiger charge is -1.88. The van der Waals surface area contributed by atoms with Crippen LogP contribution in [0, 0.1) is 0 Å². The maximum atomic E-state index is 10.6. The van der Waals surface area contributed by atoms with Crippen molar-refractivity contribution in [2.45, 2.75) is 31.2 Å². The van der Waals surface area contributed by atoms with E-state index >= 15 is 0 Å². The molecule has 0 fully saturated rings. The molecule has 0 radical (unpaired) electrons. The van der Waals surface area contributed by atoms with Crippen LogP contribution in [0.3, 0.4) is 0 Å². The summed E-state index contributed by atoms with van der Waals surface area (Å²) in [6.07, 6.45) is 1.96. The highest BCUT2D eigenvalue weighted by Gasteiger charge is 2.00. The Balaban J connectivity index is 2.99. The second kappa shape index (κ2) is 5.57. The molecule has 0 aliphatic heterocycles. The number of carbonyl (C=O) groups excluding carboxylic acids is 1. The highest BCUT2D eigenvalue weighted by molar-refractivity contribution is 6.73. The molecule has 2 heteroatoms. The highest BCUT2D eigenvalue weighted by Crippen LogP contribution is 1.87. The van der Waals surface area contributed by atoms with Gasteiger partial charge in [-0.2, -0.15) is 0 Å². The van der Waals surface area contributed by atoms with Crippen molar-refractivity contribution in [3.63, 3.8) is 0 Å². The van der Waals surface area contributed by atoms with Gasteiger partial charge in [0.25, 0.3) is 0 Å². The average molecular weight is 124 g/mol. The second-order valence-electron chi connectivity index (χ2n) is 2.00. The molecule has 0 saturated heterocycles. The van der Waals surface area contributed by atoms with E-state index in [4.69, 9.17) is 0 Å². The largest absolute Gasteiger partial charge is 0.468 e. The summed E-state index contributed by atoms with van der Waals surface area (Å²) >= 11 is -0.303. The van der Waals surface area contributed by atoms with E-state index in [1.807, 2.05) is 6.92 Å². The lowest BCUT2D eigenvalue weighted by Crippen LogP contribution is -2.05. The Morgan fingerprint density at radius 2 is 2.12 bits per heavy atom. The van der Waals surface area contributed by atoms with Crippen molar-refractivity contribution in [2.24, 2.45) is 0 Å². The molecule has 0 N–H and O–H groups in total. The first-order valence-electron chi connectivity index (χ1n) is 3.33. The normalized spacial score (nSPS) is 8.25. The summed E-state index contributed by atoms with van der Waals surface area (Å²) in [5.41, 5.74) is 0. The monoisotopic (exact) mass is 124 g/mol. The zero-order valence-corrected chi connectivity index (χ0v) is 7.15. The van der Waals surface area contributed by atoms with Crippen LogP contribution in [0.1, 0.15) is 26.7 Å². The Hall–Kier alpha value is 0.436. The van der Waals surface area contributed by atoms with Gasteiger partial charge < -0.3 is 4.79 Å². The molecular formula is C6H12MgO. The van der Waals surface area contributed by atoms with Gasteiger partial charge in [-0.15, -0.1) is 4.55 Å². The molecule has 0 unspecified atom stereocenters. The van der Waals surface area contributed by atoms with E-state index in [2.05, 4.69) is 6.92 Å². The molecular weight excluding hydrogens is 112 g/mol. The van der Waals surface area contributed by atoms with Crippen molar-refractivity contribution in [1.29, 1.82) is 0 Å². The summed E-state index contributed by atoms with van der Waals surface area (Å²) in [5.74, 6) is 0. The van der Waals surface area contributed by atoms with E-state index in [1.165, 1.54) is 11.0 Å². The van der Waals surface area contributed by atoms with Gasteiger partial charge in [0.2, 0.25) is 0 Å². The van der Waals surface area contributed by atoms with Gasteiger partial charge in [-0.05, 0) is 10.3 Å². The first-order chi connectivity index (χ1) is 3.81. The first kappa shape index (κ1) is 8.44. The van der Waals surface area contributed by atoms with Gasteiger partial charge in [0.15, 0.2) is 0 Å². The minimum atomic E-state index is -0.303. The molecule has 8 heavy (non-hydrogen) atoms. The first-order valence-corrected chi connectivity index (χ1v) is 5.03. The third-order valence-corrected chi connectivity index (χ3v) is 3.32. The summed E-state index contributed by atoms with van der Waals surface area (Å²) in [5, 5.41) is 0. The van der Waals surface area contributed by atoms with E-state index in [9.17, 15) is 4.79 Å². The Bertz CT molecular complexity index is 70.9. The predicted octanol–water partition coefficient (Wildman–Crippen LogP) is 1.46. The summed E-state index contributed by atoms with van der Waals surface area (Å²) in [6.45, 7) is 4.08. The second-order valence-corrected chi connectivity index (χ2v) is 3.99. The van der Waals surface area contributed by atoms with Crippen molar-refractivity contribution in [2.75, 3.05) is 0 Å². The van der Waals surface area contributed by atoms with Crippen molar-refractivity contribution in [1.82, 2.24) is 0 Å². The lowest BCUT2D eigenvalue weighted by atomic mass is 10.5. The molecule has 0 aromatic rings. The maximum Gasteiger partial charge on any atom is 0.468 e. The SMILES string of the molecule is CC[CH2][Mg][C](=O)CC. The minimum absolute atomic E-state index is 0.303. The van der Waals surface area contributed by atoms with E-state index in [0.29, 0.717) is 3.91 Å². The quantitative estimate of drug-likeness (QED) is 0.519. The van der Waals surface area contributed by atoms with Crippen LogP contribution < -0.4 is 0 Å². The summed E-state index contributed by atoms with van der Waals surface area (Å²) in [6, 6.07) is 0. The van der Waals surface area contributed by atoms with Crippen molar-refractivity contribution < 1.29 is 4.79 Å². The Morgan fingerprint density at radius 3 is 2.50 bits per heavy atom. The molecule has 0 heterocycles. The van der Waals surface area contributed by atoms with Crippen LogP contribution in [0.2, 0.25) is 4.55 Å². The fourth-order valence-electron chi connectivity index (χ4n) is 0.551. The number of hydrogen-bond donors (Lipinski definition) is 0. The molecule has 0 saturated carbocycles. The molecule has 0 aromatic heterocycles. The predicted molar refractivity (Wildman–Crippen MR) is 36.1 cm³/mol. The molecule has 0 spiro atoms. The van der Waals surface area contributed by atoms with Crippen LogP contribution in [0.5, 0.6) is 0 Å². The molecule has 0 aliphatic carbocycles. The highest BCUT2D eigenvalue weighted by atomic mass is 24.5. The Labute approximate surface area is 60.6 Å². The minimum Gasteiger partial charge on any atom is -0.336 e. The number of hydrogen-bond acceptors (Lipinski definition) is 1. The molecule has 0 aliphatic rings. The number of carbonyl (C=O) groups is 1. The van der Waals surface area contributed by atoms with Gasteiger partial charge in [-0.25, -0.2) is 0 Å². The van der Waals surface area contributed by atoms with Gasteiger partial charge in [-0.3, -0.25) is 0 Å². The fourth-order valence-corrected chi connectivity index (χ4v) is 1.65. The van der Waals surface area contributed by atoms with Gasteiger partial charge in [0, 0.05) is 0 Å². The van der Waals surface area contributed by atoms with E-state index in [-0.39, 0.29) is 20.4 Å². The van der Waals surface area contributed by atoms with Gasteiger partial charge in [-0.1, -0.05) is 20.3 Å². The van der Waals surface area contributed by atoms with E-state index < -0.39 is 0 Å².